The molecule has 3 N–H and O–H groups in total. The zero-order valence-corrected chi connectivity index (χ0v) is 59.0. The fourth-order valence-corrected chi connectivity index (χ4v) is 11.6. The molecule has 0 aliphatic carbocycles. The van der Waals surface area contributed by atoms with Crippen molar-refractivity contribution in [2.45, 2.75) is 349 Å². The highest BCUT2D eigenvalue weighted by Crippen LogP contribution is 2.45. The number of carbonyl (C=O) groups is 4. The average molecular weight is 1310 g/mol. The third-order valence-electron chi connectivity index (χ3n) is 15.6. The molecule has 0 aliphatic heterocycles. The highest BCUT2D eigenvalue weighted by Gasteiger charge is 2.30. The lowest BCUT2D eigenvalue weighted by molar-refractivity contribution is -0.161. The van der Waals surface area contributed by atoms with Crippen molar-refractivity contribution in [1.29, 1.82) is 0 Å². The van der Waals surface area contributed by atoms with Crippen molar-refractivity contribution in [3.05, 3.63) is 24.3 Å². The van der Waals surface area contributed by atoms with Crippen molar-refractivity contribution in [1.82, 2.24) is 0 Å². The van der Waals surface area contributed by atoms with Crippen molar-refractivity contribution < 1.29 is 80.2 Å². The lowest BCUT2D eigenvalue weighted by atomic mass is 10.0. The Morgan fingerprint density at radius 1 is 0.348 bits per heavy atom. The number of esters is 4. The SMILES string of the molecule is CCCCCC/C=C\C=C/CCCCCCCC(=O)O[C@H](COC(=O)CCCCCCCCCCCCC(C)C)COP(=O)(O)OC[C@@H](O)COP(=O)(O)OC[C@@H](COC(=O)CCCCCCCCCCC)OC(=O)CCCCCCCCCCCC(C)C. The Morgan fingerprint density at radius 3 is 0.921 bits per heavy atom. The van der Waals surface area contributed by atoms with Crippen molar-refractivity contribution in [3.8, 4) is 0 Å². The standard InChI is InChI=1S/C70H132O17P2/c1-7-9-11-13-15-17-18-19-20-21-22-30-36-42-48-54-69(74)86-66(59-81-68(73)53-47-41-35-29-24-23-27-32-38-44-50-62(3)4)61-85-89(78,79)83-57-64(71)56-82-88(76,77)84-60-65(58-80-67(72)52-46-40-34-26-16-14-12-10-8-2)87-70(75)55-49-43-37-31-25-28-33-39-45-51-63(5)6/h17-20,62-66,71H,7-16,21-61H2,1-6H3,(H,76,77)(H,78,79)/b18-17-,20-19-/t64-,65+,66+/m0/s1. The predicted molar refractivity (Wildman–Crippen MR) is 358 cm³/mol. The largest absolute Gasteiger partial charge is 0.472 e. The van der Waals surface area contributed by atoms with Gasteiger partial charge in [0.1, 0.15) is 19.3 Å². The topological polar surface area (TPSA) is 237 Å². The van der Waals surface area contributed by atoms with Gasteiger partial charge in [-0.05, 0) is 63.2 Å². The van der Waals surface area contributed by atoms with Crippen LogP contribution in [0, 0.1) is 11.8 Å². The first-order valence-electron chi connectivity index (χ1n) is 35.8. The molecule has 0 fully saturated rings. The van der Waals surface area contributed by atoms with Crippen LogP contribution in [-0.2, 0) is 65.4 Å². The summed E-state index contributed by atoms with van der Waals surface area (Å²) in [5.41, 5.74) is 0. The monoisotopic (exact) mass is 1310 g/mol. The molecule has 0 amide bonds. The van der Waals surface area contributed by atoms with Gasteiger partial charge in [-0.15, -0.1) is 0 Å². The zero-order valence-electron chi connectivity index (χ0n) is 57.2. The van der Waals surface area contributed by atoms with Crippen LogP contribution in [0.4, 0.5) is 0 Å². The van der Waals surface area contributed by atoms with Crippen LogP contribution in [0.25, 0.3) is 0 Å². The maximum Gasteiger partial charge on any atom is 0.472 e. The Bertz CT molecular complexity index is 1830. The van der Waals surface area contributed by atoms with Gasteiger partial charge in [-0.25, -0.2) is 9.13 Å². The summed E-state index contributed by atoms with van der Waals surface area (Å²) in [6, 6.07) is 0. The van der Waals surface area contributed by atoms with Gasteiger partial charge in [0.05, 0.1) is 26.4 Å². The normalized spacial score (nSPS) is 14.3. The number of unbranched alkanes of at least 4 members (excludes halogenated alkanes) is 34. The van der Waals surface area contributed by atoms with Crippen molar-refractivity contribution in [3.63, 3.8) is 0 Å². The van der Waals surface area contributed by atoms with Crippen LogP contribution in [0.5, 0.6) is 0 Å². The average Bonchev–Trinajstić information content (AvgIpc) is 3.67. The predicted octanol–water partition coefficient (Wildman–Crippen LogP) is 19.5. The number of phosphoric acid groups is 2. The molecule has 0 spiro atoms. The summed E-state index contributed by atoms with van der Waals surface area (Å²) in [4.78, 5) is 72.5. The Kier molecular flexibility index (Phi) is 60.0. The van der Waals surface area contributed by atoms with Gasteiger partial charge in [0.25, 0.3) is 0 Å². The van der Waals surface area contributed by atoms with Gasteiger partial charge in [-0.1, -0.05) is 278 Å². The Labute approximate surface area is 542 Å². The Balaban J connectivity index is 5.28. The van der Waals surface area contributed by atoms with E-state index in [9.17, 15) is 43.2 Å². The molecule has 0 saturated carbocycles. The van der Waals surface area contributed by atoms with E-state index in [1.54, 1.807) is 0 Å². The molecule has 0 rings (SSSR count). The first-order chi connectivity index (χ1) is 42.9. The number of aliphatic hydroxyl groups is 1. The number of aliphatic hydroxyl groups excluding tert-OH is 1. The van der Waals surface area contributed by atoms with Crippen LogP contribution >= 0.6 is 15.6 Å². The van der Waals surface area contributed by atoms with Gasteiger partial charge < -0.3 is 33.8 Å². The minimum atomic E-state index is -4.96. The molecule has 19 heteroatoms. The molecule has 5 atom stereocenters. The fraction of sp³-hybridized carbons (Fsp3) is 0.886. The molecular weight excluding hydrogens is 1170 g/mol. The summed E-state index contributed by atoms with van der Waals surface area (Å²) in [7, 11) is -9.91. The van der Waals surface area contributed by atoms with Crippen molar-refractivity contribution >= 4 is 39.5 Å². The van der Waals surface area contributed by atoms with Gasteiger partial charge in [-0.3, -0.25) is 37.3 Å². The molecule has 0 aromatic carbocycles. The molecule has 89 heavy (non-hydrogen) atoms. The second-order valence-corrected chi connectivity index (χ2v) is 28.4. The van der Waals surface area contributed by atoms with Gasteiger partial charge in [-0.2, -0.15) is 0 Å². The molecule has 0 bridgehead atoms. The van der Waals surface area contributed by atoms with Crippen molar-refractivity contribution in [2.24, 2.45) is 11.8 Å². The lowest BCUT2D eigenvalue weighted by Crippen LogP contribution is -2.30. The molecule has 524 valence electrons. The van der Waals surface area contributed by atoms with Gasteiger partial charge in [0.15, 0.2) is 12.2 Å². The summed E-state index contributed by atoms with van der Waals surface area (Å²) in [6.07, 6.45) is 49.4. The summed E-state index contributed by atoms with van der Waals surface area (Å²) in [5, 5.41) is 10.6. The maximum atomic E-state index is 13.0. The van der Waals surface area contributed by atoms with Gasteiger partial charge in [0, 0.05) is 25.7 Å². The van der Waals surface area contributed by atoms with Crippen LogP contribution in [0.3, 0.4) is 0 Å². The van der Waals surface area contributed by atoms with Crippen LogP contribution in [0.2, 0.25) is 0 Å². The van der Waals surface area contributed by atoms with E-state index in [2.05, 4.69) is 65.8 Å². The zero-order chi connectivity index (χ0) is 65.7. The lowest BCUT2D eigenvalue weighted by Gasteiger charge is -2.21. The van der Waals surface area contributed by atoms with Gasteiger partial charge >= 0.3 is 39.5 Å². The number of rotatable bonds is 67. The highest BCUT2D eigenvalue weighted by molar-refractivity contribution is 7.47. The number of carbonyl (C=O) groups excluding carboxylic acids is 4. The number of phosphoric ester groups is 2. The maximum absolute atomic E-state index is 13.0. The van der Waals surface area contributed by atoms with E-state index < -0.39 is 97.5 Å². The summed E-state index contributed by atoms with van der Waals surface area (Å²) < 4.78 is 68.2. The van der Waals surface area contributed by atoms with Crippen LogP contribution in [-0.4, -0.2) is 96.7 Å². The van der Waals surface area contributed by atoms with E-state index in [0.717, 1.165) is 115 Å². The second kappa shape index (κ2) is 61.7. The summed E-state index contributed by atoms with van der Waals surface area (Å²) >= 11 is 0. The quantitative estimate of drug-likeness (QED) is 0.0169. The minimum absolute atomic E-state index is 0.0846. The molecule has 0 aromatic rings. The first kappa shape index (κ1) is 86.5. The van der Waals surface area contributed by atoms with Crippen LogP contribution in [0.15, 0.2) is 24.3 Å². The van der Waals surface area contributed by atoms with E-state index in [4.69, 9.17) is 37.0 Å². The van der Waals surface area contributed by atoms with E-state index in [1.807, 2.05) is 0 Å². The Morgan fingerprint density at radius 2 is 0.607 bits per heavy atom. The third-order valence-corrected chi connectivity index (χ3v) is 17.5. The molecule has 17 nitrogen and oxygen atoms in total. The smallest absolute Gasteiger partial charge is 0.462 e. The number of allylic oxidation sites excluding steroid dienone is 4. The number of hydrogen-bond donors (Lipinski definition) is 3. The van der Waals surface area contributed by atoms with Gasteiger partial charge in [0.2, 0.25) is 0 Å². The molecule has 2 unspecified atom stereocenters. The number of hydrogen-bond acceptors (Lipinski definition) is 15. The first-order valence-corrected chi connectivity index (χ1v) is 38.8. The van der Waals surface area contributed by atoms with Crippen molar-refractivity contribution in [2.75, 3.05) is 39.6 Å². The molecule has 0 aliphatic rings. The van der Waals surface area contributed by atoms with E-state index in [1.165, 1.54) is 135 Å². The second-order valence-electron chi connectivity index (χ2n) is 25.5. The Hall–Kier alpha value is -2.46. The summed E-state index contributed by atoms with van der Waals surface area (Å²) in [5.74, 6) is -0.666. The minimum Gasteiger partial charge on any atom is -0.462 e. The summed E-state index contributed by atoms with van der Waals surface area (Å²) in [6.45, 7) is 9.43. The van der Waals surface area contributed by atoms with E-state index in [0.29, 0.717) is 25.7 Å². The molecular formula is C70H132O17P2. The van der Waals surface area contributed by atoms with Crippen LogP contribution < -0.4 is 0 Å². The molecule has 0 saturated heterocycles. The number of ether oxygens (including phenoxy) is 4. The highest BCUT2D eigenvalue weighted by atomic mass is 31.2. The molecule has 0 aromatic heterocycles. The molecule has 0 radical (unpaired) electrons. The van der Waals surface area contributed by atoms with Crippen LogP contribution in [0.1, 0.15) is 330 Å². The van der Waals surface area contributed by atoms with E-state index in [-0.39, 0.29) is 25.7 Å². The molecule has 0 heterocycles. The van der Waals surface area contributed by atoms with E-state index >= 15 is 0 Å². The third kappa shape index (κ3) is 64.1. The fourth-order valence-electron chi connectivity index (χ4n) is 10.1.